The molecule has 1 aromatic carbocycles. The van der Waals surface area contributed by atoms with Crippen molar-refractivity contribution in [2.24, 2.45) is 7.05 Å². The quantitative estimate of drug-likeness (QED) is 0.899. The molecule has 2 aromatic rings. The summed E-state index contributed by atoms with van der Waals surface area (Å²) in [6.45, 7) is 4.33. The zero-order valence-corrected chi connectivity index (χ0v) is 13.7. The second-order valence-corrected chi connectivity index (χ2v) is 5.56. The van der Waals surface area contributed by atoms with Gasteiger partial charge in [0.25, 0.3) is 0 Å². The molecule has 0 amide bonds. The molecule has 0 atom stereocenters. The van der Waals surface area contributed by atoms with E-state index in [0.29, 0.717) is 16.8 Å². The van der Waals surface area contributed by atoms with Crippen molar-refractivity contribution in [3.8, 4) is 16.9 Å². The van der Waals surface area contributed by atoms with Gasteiger partial charge in [0.05, 0.1) is 18.4 Å². The molecular formula is C16H22ClN3O. The van der Waals surface area contributed by atoms with Crippen LogP contribution in [0.25, 0.3) is 11.1 Å². The van der Waals surface area contributed by atoms with Crippen LogP contribution in [0.3, 0.4) is 0 Å². The van der Waals surface area contributed by atoms with E-state index in [1.807, 2.05) is 25.2 Å². The Hall–Kier alpha value is -1.68. The Morgan fingerprint density at radius 1 is 1.33 bits per heavy atom. The maximum atomic E-state index is 6.26. The average Bonchev–Trinajstić information content (AvgIpc) is 2.76. The van der Waals surface area contributed by atoms with Crippen LogP contribution >= 0.6 is 11.6 Å². The topological polar surface area (TPSA) is 53.1 Å². The lowest BCUT2D eigenvalue weighted by molar-refractivity contribution is 0.416. The Balaban J connectivity index is 2.71. The molecule has 4 nitrogen and oxygen atoms in total. The summed E-state index contributed by atoms with van der Waals surface area (Å²) in [7, 11) is 3.51. The molecule has 114 valence electrons. The molecular weight excluding hydrogens is 286 g/mol. The van der Waals surface area contributed by atoms with Gasteiger partial charge in [0.2, 0.25) is 0 Å². The molecule has 0 aliphatic carbocycles. The van der Waals surface area contributed by atoms with Crippen molar-refractivity contribution in [2.45, 2.75) is 32.6 Å². The zero-order chi connectivity index (χ0) is 15.6. The summed E-state index contributed by atoms with van der Waals surface area (Å²) in [6, 6.07) is 5.56. The molecule has 21 heavy (non-hydrogen) atoms. The van der Waals surface area contributed by atoms with Crippen molar-refractivity contribution in [3.63, 3.8) is 0 Å². The summed E-state index contributed by atoms with van der Waals surface area (Å²) < 4.78 is 7.20. The second-order valence-electron chi connectivity index (χ2n) is 5.13. The van der Waals surface area contributed by atoms with E-state index < -0.39 is 0 Å². The Morgan fingerprint density at radius 3 is 2.57 bits per heavy atom. The van der Waals surface area contributed by atoms with Crippen LogP contribution < -0.4 is 10.5 Å². The van der Waals surface area contributed by atoms with Gasteiger partial charge in [0, 0.05) is 23.6 Å². The fourth-order valence-electron chi connectivity index (χ4n) is 2.67. The number of nitrogens with two attached hydrogens (primary N) is 1. The number of nitrogen functional groups attached to an aromatic ring is 1. The van der Waals surface area contributed by atoms with Crippen molar-refractivity contribution < 1.29 is 4.74 Å². The highest BCUT2D eigenvalue weighted by Crippen LogP contribution is 2.41. The summed E-state index contributed by atoms with van der Waals surface area (Å²) >= 11 is 6.16. The van der Waals surface area contributed by atoms with Gasteiger partial charge in [0.15, 0.2) is 0 Å². The number of anilines is 1. The lowest BCUT2D eigenvalue weighted by Gasteiger charge is -2.14. The zero-order valence-electron chi connectivity index (χ0n) is 13.0. The van der Waals surface area contributed by atoms with Crippen molar-refractivity contribution in [1.82, 2.24) is 9.78 Å². The number of rotatable bonds is 5. The fourth-order valence-corrected chi connectivity index (χ4v) is 2.84. The molecule has 0 aliphatic heterocycles. The van der Waals surface area contributed by atoms with Crippen LogP contribution in [-0.4, -0.2) is 16.9 Å². The van der Waals surface area contributed by atoms with Crippen molar-refractivity contribution in [2.75, 3.05) is 12.8 Å². The number of hydrogen-bond donors (Lipinski definition) is 1. The number of hydrogen-bond acceptors (Lipinski definition) is 3. The van der Waals surface area contributed by atoms with E-state index in [4.69, 9.17) is 22.1 Å². The fraction of sp³-hybridized carbons (Fsp3) is 0.438. The number of methoxy groups -OCH3 is 1. The van der Waals surface area contributed by atoms with Crippen molar-refractivity contribution >= 4 is 17.4 Å². The van der Waals surface area contributed by atoms with E-state index in [0.717, 1.165) is 35.4 Å². The third kappa shape index (κ3) is 2.86. The molecule has 1 heterocycles. The molecule has 0 spiro atoms. The summed E-state index contributed by atoms with van der Waals surface area (Å²) in [5, 5.41) is 5.28. The van der Waals surface area contributed by atoms with Gasteiger partial charge < -0.3 is 10.5 Å². The standard InChI is InChI=1S/C16H22ClN3O/c1-5-10(6-2)15-14(16(18)20(3)19-15)12-9-11(17)7-8-13(12)21-4/h7-10H,5-6,18H2,1-4H3. The van der Waals surface area contributed by atoms with E-state index in [2.05, 4.69) is 18.9 Å². The molecule has 0 radical (unpaired) electrons. The molecule has 0 bridgehead atoms. The third-order valence-corrected chi connectivity index (χ3v) is 4.16. The van der Waals surface area contributed by atoms with E-state index >= 15 is 0 Å². The largest absolute Gasteiger partial charge is 0.496 e. The van der Waals surface area contributed by atoms with Gasteiger partial charge in [-0.25, -0.2) is 0 Å². The smallest absolute Gasteiger partial charge is 0.129 e. The molecule has 0 unspecified atom stereocenters. The molecule has 0 fully saturated rings. The lowest BCUT2D eigenvalue weighted by Crippen LogP contribution is -2.00. The first-order chi connectivity index (χ1) is 10.0. The minimum absolute atomic E-state index is 0.368. The molecule has 5 heteroatoms. The first-order valence-electron chi connectivity index (χ1n) is 7.19. The van der Waals surface area contributed by atoms with Crippen LogP contribution in [0.15, 0.2) is 18.2 Å². The molecule has 2 rings (SSSR count). The van der Waals surface area contributed by atoms with Gasteiger partial charge in [-0.1, -0.05) is 25.4 Å². The Kier molecular flexibility index (Phi) is 4.78. The highest BCUT2D eigenvalue weighted by Gasteiger charge is 2.23. The molecule has 0 aliphatic rings. The SMILES string of the molecule is CCC(CC)c1nn(C)c(N)c1-c1cc(Cl)ccc1OC. The number of halogens is 1. The normalized spacial score (nSPS) is 11.1. The van der Waals surface area contributed by atoms with Crippen LogP contribution in [0.2, 0.25) is 5.02 Å². The number of aromatic nitrogens is 2. The van der Waals surface area contributed by atoms with Gasteiger partial charge >= 0.3 is 0 Å². The monoisotopic (exact) mass is 307 g/mol. The molecule has 0 saturated carbocycles. The predicted octanol–water partition coefficient (Wildman–Crippen LogP) is 4.23. The maximum Gasteiger partial charge on any atom is 0.129 e. The molecule has 0 saturated heterocycles. The molecule has 1 aromatic heterocycles. The van der Waals surface area contributed by atoms with E-state index in [9.17, 15) is 0 Å². The van der Waals surface area contributed by atoms with Crippen LogP contribution in [0.5, 0.6) is 5.75 Å². The number of aryl methyl sites for hydroxylation is 1. The summed E-state index contributed by atoms with van der Waals surface area (Å²) in [5.74, 6) is 1.76. The first kappa shape index (κ1) is 15.7. The van der Waals surface area contributed by atoms with Gasteiger partial charge in [-0.3, -0.25) is 4.68 Å². The van der Waals surface area contributed by atoms with Crippen LogP contribution in [0, 0.1) is 0 Å². The number of nitrogens with zero attached hydrogens (tertiary/aromatic N) is 2. The number of benzene rings is 1. The summed E-state index contributed by atoms with van der Waals surface area (Å²) in [4.78, 5) is 0. The Bertz CT molecular complexity index is 633. The van der Waals surface area contributed by atoms with Gasteiger partial charge in [-0.05, 0) is 31.0 Å². The Morgan fingerprint density at radius 2 is 2.00 bits per heavy atom. The Labute approximate surface area is 130 Å². The van der Waals surface area contributed by atoms with Crippen LogP contribution in [0.1, 0.15) is 38.3 Å². The minimum Gasteiger partial charge on any atom is -0.496 e. The average molecular weight is 308 g/mol. The van der Waals surface area contributed by atoms with Crippen LogP contribution in [0.4, 0.5) is 5.82 Å². The van der Waals surface area contributed by atoms with Crippen molar-refractivity contribution in [3.05, 3.63) is 28.9 Å². The summed E-state index contributed by atoms with van der Waals surface area (Å²) in [5.41, 5.74) is 9.11. The van der Waals surface area contributed by atoms with Crippen LogP contribution in [-0.2, 0) is 7.05 Å². The van der Waals surface area contributed by atoms with Gasteiger partial charge in [-0.15, -0.1) is 0 Å². The minimum atomic E-state index is 0.368. The van der Waals surface area contributed by atoms with E-state index in [-0.39, 0.29) is 0 Å². The highest BCUT2D eigenvalue weighted by atomic mass is 35.5. The molecule has 2 N–H and O–H groups in total. The first-order valence-corrected chi connectivity index (χ1v) is 7.57. The lowest BCUT2D eigenvalue weighted by atomic mass is 9.92. The highest BCUT2D eigenvalue weighted by molar-refractivity contribution is 6.31. The second kappa shape index (κ2) is 6.39. The third-order valence-electron chi connectivity index (χ3n) is 3.92. The van der Waals surface area contributed by atoms with E-state index in [1.165, 1.54) is 0 Å². The predicted molar refractivity (Wildman–Crippen MR) is 87.9 cm³/mol. The van der Waals surface area contributed by atoms with Crippen molar-refractivity contribution in [1.29, 1.82) is 0 Å². The van der Waals surface area contributed by atoms with Gasteiger partial charge in [-0.2, -0.15) is 5.10 Å². The van der Waals surface area contributed by atoms with E-state index in [1.54, 1.807) is 11.8 Å². The van der Waals surface area contributed by atoms with Gasteiger partial charge in [0.1, 0.15) is 11.6 Å². The number of ether oxygens (including phenoxy) is 1. The summed E-state index contributed by atoms with van der Waals surface area (Å²) in [6.07, 6.45) is 2.03. The maximum absolute atomic E-state index is 6.26.